The van der Waals surface area contributed by atoms with Crippen LogP contribution in [-0.2, 0) is 4.74 Å². The highest BCUT2D eigenvalue weighted by Gasteiger charge is 2.18. The van der Waals surface area contributed by atoms with Crippen molar-refractivity contribution in [2.75, 3.05) is 17.7 Å². The number of aromatic amines is 1. The van der Waals surface area contributed by atoms with Crippen molar-refractivity contribution in [3.8, 4) is 10.6 Å². The highest BCUT2D eigenvalue weighted by molar-refractivity contribution is 7.99. The number of aromatic nitrogens is 2. The summed E-state index contributed by atoms with van der Waals surface area (Å²) in [5.74, 6) is 1.25. The van der Waals surface area contributed by atoms with Crippen LogP contribution in [0.25, 0.3) is 10.6 Å². The van der Waals surface area contributed by atoms with Crippen molar-refractivity contribution in [1.29, 1.82) is 0 Å². The molecule has 1 unspecified atom stereocenters. The number of benzene rings is 1. The van der Waals surface area contributed by atoms with E-state index in [0.29, 0.717) is 11.4 Å². The van der Waals surface area contributed by atoms with Gasteiger partial charge in [0.25, 0.3) is 5.91 Å². The van der Waals surface area contributed by atoms with Crippen molar-refractivity contribution in [2.24, 2.45) is 0 Å². The number of ether oxygens (including phenoxy) is 1. The summed E-state index contributed by atoms with van der Waals surface area (Å²) in [4.78, 5) is 16.1. The van der Waals surface area contributed by atoms with Gasteiger partial charge in [0.1, 0.15) is 0 Å². The van der Waals surface area contributed by atoms with E-state index in [9.17, 15) is 4.79 Å². The predicted octanol–water partition coefficient (Wildman–Crippen LogP) is 4.97. The zero-order chi connectivity index (χ0) is 18.6. The van der Waals surface area contributed by atoms with Gasteiger partial charge in [0.15, 0.2) is 5.82 Å². The van der Waals surface area contributed by atoms with E-state index in [1.807, 2.05) is 30.3 Å². The lowest BCUT2D eigenvalue weighted by atomic mass is 10.2. The first-order valence-electron chi connectivity index (χ1n) is 8.96. The number of H-pyrrole nitrogens is 1. The third-order valence-corrected chi connectivity index (χ3v) is 6.65. The van der Waals surface area contributed by atoms with Gasteiger partial charge in [-0.15, -0.1) is 23.1 Å². The summed E-state index contributed by atoms with van der Waals surface area (Å²) >= 11 is 3.37. The Morgan fingerprint density at radius 3 is 3.04 bits per heavy atom. The molecule has 4 rings (SSSR count). The Morgan fingerprint density at radius 1 is 1.37 bits per heavy atom. The summed E-state index contributed by atoms with van der Waals surface area (Å²) in [6, 6.07) is 13.7. The van der Waals surface area contributed by atoms with Gasteiger partial charge in [0.05, 0.1) is 22.2 Å². The normalized spacial score (nSPS) is 16.6. The van der Waals surface area contributed by atoms with Gasteiger partial charge in [-0.05, 0) is 44.0 Å². The SMILES string of the molecule is Cc1ccc(-c2cc(NC(=O)c3ccccc3SCC3CCCO3)n[nH]2)s1. The number of nitrogens with one attached hydrogen (secondary N) is 2. The van der Waals surface area contributed by atoms with Gasteiger partial charge in [-0.3, -0.25) is 9.89 Å². The molecular weight excluding hydrogens is 378 g/mol. The minimum atomic E-state index is -0.147. The second-order valence-electron chi connectivity index (χ2n) is 6.47. The first kappa shape index (κ1) is 18.3. The van der Waals surface area contributed by atoms with Gasteiger partial charge in [0, 0.05) is 28.2 Å². The van der Waals surface area contributed by atoms with Crippen LogP contribution >= 0.6 is 23.1 Å². The number of rotatable bonds is 6. The van der Waals surface area contributed by atoms with E-state index in [4.69, 9.17) is 4.74 Å². The van der Waals surface area contributed by atoms with E-state index in [1.165, 1.54) is 4.88 Å². The van der Waals surface area contributed by atoms with Crippen LogP contribution in [0.15, 0.2) is 47.4 Å². The van der Waals surface area contributed by atoms with E-state index < -0.39 is 0 Å². The molecule has 0 spiro atoms. The van der Waals surface area contributed by atoms with Crippen LogP contribution in [0.3, 0.4) is 0 Å². The number of carbonyl (C=O) groups is 1. The molecule has 140 valence electrons. The van der Waals surface area contributed by atoms with Crippen LogP contribution in [0.5, 0.6) is 0 Å². The van der Waals surface area contributed by atoms with E-state index in [0.717, 1.165) is 40.7 Å². The Kier molecular flexibility index (Phi) is 5.61. The molecule has 7 heteroatoms. The first-order chi connectivity index (χ1) is 13.2. The Balaban J connectivity index is 1.44. The number of amides is 1. The Labute approximate surface area is 166 Å². The van der Waals surface area contributed by atoms with Crippen molar-refractivity contribution in [3.63, 3.8) is 0 Å². The summed E-state index contributed by atoms with van der Waals surface area (Å²) in [6.07, 6.45) is 2.51. The number of carbonyl (C=O) groups excluding carboxylic acids is 1. The van der Waals surface area contributed by atoms with Gasteiger partial charge < -0.3 is 10.1 Å². The topological polar surface area (TPSA) is 67.0 Å². The third-order valence-electron chi connectivity index (χ3n) is 4.41. The number of thioether (sulfide) groups is 1. The molecule has 1 aliphatic rings. The molecule has 2 aromatic heterocycles. The maximum atomic E-state index is 12.8. The van der Waals surface area contributed by atoms with Crippen molar-refractivity contribution in [3.05, 3.63) is 52.9 Å². The molecule has 5 nitrogen and oxygen atoms in total. The number of hydrogen-bond acceptors (Lipinski definition) is 5. The Bertz CT molecular complexity index is 929. The minimum absolute atomic E-state index is 0.147. The fraction of sp³-hybridized carbons (Fsp3) is 0.300. The molecule has 0 aliphatic carbocycles. The maximum Gasteiger partial charge on any atom is 0.257 e. The van der Waals surface area contributed by atoms with Gasteiger partial charge >= 0.3 is 0 Å². The zero-order valence-corrected chi connectivity index (χ0v) is 16.7. The summed E-state index contributed by atoms with van der Waals surface area (Å²) in [5.41, 5.74) is 1.57. The van der Waals surface area contributed by atoms with Crippen LogP contribution in [-0.4, -0.2) is 34.6 Å². The average Bonchev–Trinajstić information content (AvgIpc) is 3.42. The lowest BCUT2D eigenvalue weighted by molar-refractivity contribution is 0.102. The van der Waals surface area contributed by atoms with Crippen molar-refractivity contribution >= 4 is 34.8 Å². The number of nitrogens with zero attached hydrogens (tertiary/aromatic N) is 1. The van der Waals surface area contributed by atoms with Crippen LogP contribution in [0.2, 0.25) is 0 Å². The average molecular weight is 400 g/mol. The van der Waals surface area contributed by atoms with Crippen molar-refractivity contribution in [1.82, 2.24) is 10.2 Å². The van der Waals surface area contributed by atoms with Crippen LogP contribution in [0, 0.1) is 6.92 Å². The number of hydrogen-bond donors (Lipinski definition) is 2. The molecule has 1 aromatic carbocycles. The first-order valence-corrected chi connectivity index (χ1v) is 10.8. The lowest BCUT2D eigenvalue weighted by Gasteiger charge is -2.11. The fourth-order valence-corrected chi connectivity index (χ4v) is 4.97. The molecule has 1 aliphatic heterocycles. The highest BCUT2D eigenvalue weighted by atomic mass is 32.2. The van der Waals surface area contributed by atoms with Crippen LogP contribution < -0.4 is 5.32 Å². The molecular formula is C20H21N3O2S2. The monoisotopic (exact) mass is 399 g/mol. The molecule has 1 saturated heterocycles. The maximum absolute atomic E-state index is 12.8. The third kappa shape index (κ3) is 4.43. The van der Waals surface area contributed by atoms with Crippen molar-refractivity contribution in [2.45, 2.75) is 30.8 Å². The summed E-state index contributed by atoms with van der Waals surface area (Å²) in [5, 5.41) is 10.1. The minimum Gasteiger partial charge on any atom is -0.377 e. The smallest absolute Gasteiger partial charge is 0.257 e. The second-order valence-corrected chi connectivity index (χ2v) is 8.82. The van der Waals surface area contributed by atoms with E-state index in [2.05, 4.69) is 34.6 Å². The predicted molar refractivity (Wildman–Crippen MR) is 111 cm³/mol. The summed E-state index contributed by atoms with van der Waals surface area (Å²) < 4.78 is 5.68. The molecule has 1 atom stereocenters. The number of aryl methyl sites for hydroxylation is 1. The highest BCUT2D eigenvalue weighted by Crippen LogP contribution is 2.29. The molecule has 1 amide bonds. The quantitative estimate of drug-likeness (QED) is 0.574. The molecule has 1 fully saturated rings. The standard InChI is InChI=1S/C20H21N3O2S2/c1-13-8-9-18(27-13)16-11-19(23-22-16)21-20(24)15-6-2-3-7-17(15)26-12-14-5-4-10-25-14/h2-3,6-9,11,14H,4-5,10,12H2,1H3,(H2,21,22,23,24). The Morgan fingerprint density at radius 2 is 2.26 bits per heavy atom. The summed E-state index contributed by atoms with van der Waals surface area (Å²) in [6.45, 7) is 2.91. The van der Waals surface area contributed by atoms with E-state index in [1.54, 1.807) is 23.1 Å². The molecule has 0 bridgehead atoms. The van der Waals surface area contributed by atoms with Gasteiger partial charge in [-0.1, -0.05) is 12.1 Å². The van der Waals surface area contributed by atoms with Gasteiger partial charge in [0.2, 0.25) is 0 Å². The molecule has 0 radical (unpaired) electrons. The van der Waals surface area contributed by atoms with E-state index >= 15 is 0 Å². The molecule has 2 N–H and O–H groups in total. The summed E-state index contributed by atoms with van der Waals surface area (Å²) in [7, 11) is 0. The molecule has 27 heavy (non-hydrogen) atoms. The fourth-order valence-electron chi connectivity index (χ4n) is 3.01. The number of anilines is 1. The Hall–Kier alpha value is -2.09. The van der Waals surface area contributed by atoms with E-state index in [-0.39, 0.29) is 12.0 Å². The van der Waals surface area contributed by atoms with Crippen molar-refractivity contribution < 1.29 is 9.53 Å². The molecule has 3 aromatic rings. The van der Waals surface area contributed by atoms with Crippen LogP contribution in [0.1, 0.15) is 28.1 Å². The van der Waals surface area contributed by atoms with Crippen LogP contribution in [0.4, 0.5) is 5.82 Å². The number of thiophene rings is 1. The second kappa shape index (κ2) is 8.29. The van der Waals surface area contributed by atoms with Gasteiger partial charge in [-0.2, -0.15) is 5.10 Å². The molecule has 0 saturated carbocycles. The zero-order valence-electron chi connectivity index (χ0n) is 15.0. The lowest BCUT2D eigenvalue weighted by Crippen LogP contribution is -2.14. The molecule has 3 heterocycles. The largest absolute Gasteiger partial charge is 0.377 e. The van der Waals surface area contributed by atoms with Gasteiger partial charge in [-0.25, -0.2) is 0 Å².